The van der Waals surface area contributed by atoms with E-state index >= 15 is 0 Å². The molecule has 2 atom stereocenters. The number of allylic oxidation sites excluding steroid dienone is 7. The number of amides is 1. The van der Waals surface area contributed by atoms with E-state index in [0.717, 1.165) is 70.6 Å². The maximum Gasteiger partial charge on any atom is 0.305 e. The molecule has 0 saturated carbocycles. The van der Waals surface area contributed by atoms with Gasteiger partial charge in [-0.2, -0.15) is 0 Å². The van der Waals surface area contributed by atoms with E-state index < -0.39 is 12.1 Å². The van der Waals surface area contributed by atoms with Gasteiger partial charge in [0.25, 0.3) is 0 Å². The normalized spacial score (nSPS) is 12.9. The van der Waals surface area contributed by atoms with Crippen molar-refractivity contribution in [1.29, 1.82) is 0 Å². The molecular weight excluding hydrogens is 863 g/mol. The Morgan fingerprint density at radius 2 is 0.714 bits per heavy atom. The number of aliphatic hydroxyl groups is 2. The number of hydrogen-bond donors (Lipinski definition) is 3. The van der Waals surface area contributed by atoms with Gasteiger partial charge in [-0.15, -0.1) is 0 Å². The van der Waals surface area contributed by atoms with Crippen molar-refractivity contribution in [1.82, 2.24) is 5.32 Å². The van der Waals surface area contributed by atoms with Crippen LogP contribution in [0.3, 0.4) is 0 Å². The number of nitrogens with one attached hydrogen (secondary N) is 1. The first-order valence-corrected chi connectivity index (χ1v) is 30.9. The van der Waals surface area contributed by atoms with Crippen LogP contribution in [0.25, 0.3) is 0 Å². The van der Waals surface area contributed by atoms with E-state index in [1.165, 1.54) is 225 Å². The van der Waals surface area contributed by atoms with Gasteiger partial charge in [0.05, 0.1) is 25.4 Å². The first-order valence-electron chi connectivity index (χ1n) is 30.9. The number of rotatable bonds is 57. The Bertz CT molecular complexity index is 1180. The van der Waals surface area contributed by atoms with Crippen LogP contribution in [-0.4, -0.2) is 47.4 Å². The average Bonchev–Trinajstić information content (AvgIpc) is 3.36. The lowest BCUT2D eigenvalue weighted by Crippen LogP contribution is -2.45. The van der Waals surface area contributed by atoms with E-state index in [4.69, 9.17) is 4.74 Å². The molecule has 6 heteroatoms. The molecule has 0 aromatic rings. The van der Waals surface area contributed by atoms with Crippen molar-refractivity contribution in [2.45, 2.75) is 334 Å². The summed E-state index contributed by atoms with van der Waals surface area (Å²) in [6, 6.07) is -0.642. The van der Waals surface area contributed by atoms with Crippen LogP contribution in [0.4, 0.5) is 0 Å². The van der Waals surface area contributed by atoms with Gasteiger partial charge in [0.2, 0.25) is 5.91 Å². The van der Waals surface area contributed by atoms with E-state index in [1.54, 1.807) is 6.08 Å². The molecule has 70 heavy (non-hydrogen) atoms. The number of hydrogen-bond acceptors (Lipinski definition) is 5. The van der Waals surface area contributed by atoms with Gasteiger partial charge in [-0.05, 0) is 89.9 Å². The lowest BCUT2D eigenvalue weighted by atomic mass is 10.0. The fraction of sp³-hybridized carbons (Fsp3) is 0.844. The van der Waals surface area contributed by atoms with E-state index in [1.807, 2.05) is 6.08 Å². The monoisotopic (exact) mass is 982 g/mol. The molecule has 0 saturated heterocycles. The lowest BCUT2D eigenvalue weighted by molar-refractivity contribution is -0.143. The number of aliphatic hydroxyl groups excluding tert-OH is 2. The molecule has 0 heterocycles. The summed E-state index contributed by atoms with van der Waals surface area (Å²) in [6.07, 6.45) is 75.7. The van der Waals surface area contributed by atoms with Crippen molar-refractivity contribution in [3.8, 4) is 0 Å². The van der Waals surface area contributed by atoms with E-state index in [-0.39, 0.29) is 18.5 Å². The maximum absolute atomic E-state index is 12.5. The second-order valence-corrected chi connectivity index (χ2v) is 21.0. The molecule has 0 aromatic heterocycles. The summed E-state index contributed by atoms with van der Waals surface area (Å²) in [6.45, 7) is 4.86. The number of carbonyl (C=O) groups excluding carboxylic acids is 2. The molecule has 0 rings (SSSR count). The summed E-state index contributed by atoms with van der Waals surface area (Å²) >= 11 is 0. The maximum atomic E-state index is 12.5. The van der Waals surface area contributed by atoms with Crippen LogP contribution in [0.5, 0.6) is 0 Å². The summed E-state index contributed by atoms with van der Waals surface area (Å²) in [5.41, 5.74) is 0. The molecular formula is C64H119NO5. The van der Waals surface area contributed by atoms with Crippen LogP contribution >= 0.6 is 0 Å². The highest BCUT2D eigenvalue weighted by Crippen LogP contribution is 2.17. The number of unbranched alkanes of at least 4 members (excludes halogenated alkanes) is 40. The molecule has 0 aliphatic heterocycles. The zero-order valence-corrected chi connectivity index (χ0v) is 46.7. The van der Waals surface area contributed by atoms with Crippen LogP contribution < -0.4 is 5.32 Å². The van der Waals surface area contributed by atoms with Crippen LogP contribution in [0, 0.1) is 0 Å². The first kappa shape index (κ1) is 67.8. The Balaban J connectivity index is 3.50. The third-order valence-electron chi connectivity index (χ3n) is 14.1. The molecule has 0 aliphatic carbocycles. The van der Waals surface area contributed by atoms with Crippen molar-refractivity contribution in [3.05, 3.63) is 48.6 Å². The summed E-state index contributed by atoms with van der Waals surface area (Å²) < 4.78 is 5.48. The minimum absolute atomic E-state index is 0.0117. The summed E-state index contributed by atoms with van der Waals surface area (Å²) in [5.74, 6) is -0.0954. The zero-order valence-electron chi connectivity index (χ0n) is 46.7. The van der Waals surface area contributed by atoms with Crippen LogP contribution in [0.15, 0.2) is 48.6 Å². The summed E-state index contributed by atoms with van der Waals surface area (Å²) in [5, 5.41) is 23.2. The van der Waals surface area contributed by atoms with Gasteiger partial charge in [0.15, 0.2) is 0 Å². The molecule has 0 spiro atoms. The van der Waals surface area contributed by atoms with Gasteiger partial charge in [-0.3, -0.25) is 9.59 Å². The van der Waals surface area contributed by atoms with Crippen molar-refractivity contribution in [2.75, 3.05) is 13.2 Å². The highest BCUT2D eigenvalue weighted by Gasteiger charge is 2.18. The van der Waals surface area contributed by atoms with Gasteiger partial charge in [-0.25, -0.2) is 0 Å². The Morgan fingerprint density at radius 3 is 1.13 bits per heavy atom. The van der Waals surface area contributed by atoms with Crippen molar-refractivity contribution >= 4 is 11.9 Å². The average molecular weight is 983 g/mol. The van der Waals surface area contributed by atoms with Crippen molar-refractivity contribution in [2.24, 2.45) is 0 Å². The molecule has 410 valence electrons. The molecule has 3 N–H and O–H groups in total. The van der Waals surface area contributed by atoms with Crippen LogP contribution in [0.2, 0.25) is 0 Å². The number of ether oxygens (including phenoxy) is 1. The third-order valence-corrected chi connectivity index (χ3v) is 14.1. The quantitative estimate of drug-likeness (QED) is 0.0321. The highest BCUT2D eigenvalue weighted by atomic mass is 16.5. The van der Waals surface area contributed by atoms with E-state index in [0.29, 0.717) is 19.4 Å². The van der Waals surface area contributed by atoms with Gasteiger partial charge in [0, 0.05) is 12.8 Å². The van der Waals surface area contributed by atoms with Crippen LogP contribution in [-0.2, 0) is 14.3 Å². The smallest absolute Gasteiger partial charge is 0.305 e. The van der Waals surface area contributed by atoms with Crippen molar-refractivity contribution in [3.63, 3.8) is 0 Å². The number of esters is 1. The fourth-order valence-electron chi connectivity index (χ4n) is 9.31. The molecule has 1 amide bonds. The minimum Gasteiger partial charge on any atom is -0.466 e. The van der Waals surface area contributed by atoms with E-state index in [9.17, 15) is 19.8 Å². The SMILES string of the molecule is CCCCC/C=C\C/C=C\CCCCCCCCCC(=O)OCCCCCCCCC/C=C\CCCCCCCC(=O)NC(CO)C(O)/C=C/CCCCCCCCCCCCCCCCCCCC. The largest absolute Gasteiger partial charge is 0.466 e. The second-order valence-electron chi connectivity index (χ2n) is 21.0. The first-order chi connectivity index (χ1) is 34.5. The standard InChI is InChI=1S/C64H119NO5/c1-3-5-7-9-11-13-15-17-19-21-22-23-25-28-32-36-40-44-48-52-56-62(67)61(60-66)65-63(68)57-53-49-45-41-37-33-29-26-27-31-35-39-43-47-51-55-59-70-64(69)58-54-50-46-42-38-34-30-24-20-18-16-14-12-10-8-6-4-2/h12,14,18,20,26,29,52,56,61-62,66-67H,3-11,13,15-17,19,21-25,27-28,30-51,53-55,57-60H2,1-2H3,(H,65,68)/b14-12-,20-18-,29-26-,56-52+. The molecule has 6 nitrogen and oxygen atoms in total. The van der Waals surface area contributed by atoms with Crippen LogP contribution in [0.1, 0.15) is 322 Å². The Morgan fingerprint density at radius 1 is 0.400 bits per heavy atom. The van der Waals surface area contributed by atoms with Gasteiger partial charge < -0.3 is 20.3 Å². The predicted molar refractivity (Wildman–Crippen MR) is 306 cm³/mol. The Kier molecular flexibility index (Phi) is 57.5. The van der Waals surface area contributed by atoms with E-state index in [2.05, 4.69) is 55.6 Å². The third kappa shape index (κ3) is 55.1. The molecule has 0 fully saturated rings. The Hall–Kier alpha value is -2.18. The Labute approximate surface area is 436 Å². The summed E-state index contributed by atoms with van der Waals surface area (Å²) in [4.78, 5) is 24.6. The number of carbonyl (C=O) groups is 2. The topological polar surface area (TPSA) is 95.9 Å². The van der Waals surface area contributed by atoms with Crippen molar-refractivity contribution < 1.29 is 24.5 Å². The lowest BCUT2D eigenvalue weighted by Gasteiger charge is -2.20. The zero-order chi connectivity index (χ0) is 50.7. The molecule has 0 aliphatic rings. The predicted octanol–water partition coefficient (Wildman–Crippen LogP) is 19.4. The second kappa shape index (κ2) is 59.4. The molecule has 2 unspecified atom stereocenters. The highest BCUT2D eigenvalue weighted by molar-refractivity contribution is 5.76. The summed E-state index contributed by atoms with van der Waals surface area (Å²) in [7, 11) is 0. The molecule has 0 radical (unpaired) electrons. The molecule has 0 aromatic carbocycles. The van der Waals surface area contributed by atoms with Gasteiger partial charge >= 0.3 is 5.97 Å². The molecule has 0 bridgehead atoms. The fourth-order valence-corrected chi connectivity index (χ4v) is 9.31. The van der Waals surface area contributed by atoms with Gasteiger partial charge in [-0.1, -0.05) is 268 Å². The minimum atomic E-state index is -0.857. The van der Waals surface area contributed by atoms with Gasteiger partial charge in [0.1, 0.15) is 0 Å².